The molecule has 0 fully saturated rings. The largest absolute Gasteiger partial charge is 0.478 e. The molecule has 11 heteroatoms. The Morgan fingerprint density at radius 2 is 1.71 bits per heavy atom. The number of benzene rings is 2. The van der Waals surface area contributed by atoms with Gasteiger partial charge < -0.3 is 15.2 Å². The molecular weight excluding hydrogens is 470 g/mol. The monoisotopic (exact) mass is 489 g/mol. The van der Waals surface area contributed by atoms with Gasteiger partial charge in [-0.3, -0.25) is 15.2 Å². The molecule has 4 aromatic rings. The number of aryl methyl sites for hydroxylation is 1. The van der Waals surface area contributed by atoms with Gasteiger partial charge in [0.05, 0.1) is 5.69 Å². The summed E-state index contributed by atoms with van der Waals surface area (Å²) in [6.45, 7) is 1.68. The van der Waals surface area contributed by atoms with Crippen LogP contribution >= 0.6 is 11.5 Å². The van der Waals surface area contributed by atoms with E-state index in [4.69, 9.17) is 4.74 Å². The number of nitrogens with zero attached hydrogens (tertiary/aromatic N) is 2. The van der Waals surface area contributed by atoms with E-state index in [0.29, 0.717) is 5.69 Å². The Morgan fingerprint density at radius 3 is 2.37 bits per heavy atom. The highest BCUT2D eigenvalue weighted by molar-refractivity contribution is 7.11. The summed E-state index contributed by atoms with van der Waals surface area (Å²) in [5.74, 6) is -1.80. The van der Waals surface area contributed by atoms with E-state index in [1.165, 1.54) is 6.07 Å². The minimum Gasteiger partial charge on any atom is -0.478 e. The first-order valence-corrected chi connectivity index (χ1v) is 11.4. The summed E-state index contributed by atoms with van der Waals surface area (Å²) in [4.78, 5) is 36.3. The molecule has 2 heterocycles. The van der Waals surface area contributed by atoms with Gasteiger partial charge in [0.2, 0.25) is 0 Å². The highest BCUT2D eigenvalue weighted by Gasteiger charge is 2.29. The quantitative estimate of drug-likeness (QED) is 0.312. The summed E-state index contributed by atoms with van der Waals surface area (Å²) in [5, 5.41) is 20.8. The van der Waals surface area contributed by atoms with E-state index >= 15 is 0 Å². The minimum atomic E-state index is -1.19. The molecule has 5 rings (SSSR count). The van der Waals surface area contributed by atoms with Crippen LogP contribution in [0.15, 0.2) is 54.6 Å². The van der Waals surface area contributed by atoms with Gasteiger partial charge in [-0.05, 0) is 40.7 Å². The van der Waals surface area contributed by atoms with E-state index in [0.717, 1.165) is 33.8 Å². The second kappa shape index (κ2) is 9.03. The average Bonchev–Trinajstić information content (AvgIpc) is 3.54. The number of rotatable bonds is 6. The number of aromatic carboxylic acids is 1. The second-order valence-corrected chi connectivity index (χ2v) is 8.62. The van der Waals surface area contributed by atoms with Gasteiger partial charge in [0.25, 0.3) is 5.91 Å². The van der Waals surface area contributed by atoms with Gasteiger partial charge in [-0.25, -0.2) is 9.59 Å². The van der Waals surface area contributed by atoms with Crippen molar-refractivity contribution in [1.29, 1.82) is 0 Å². The second-order valence-electron chi connectivity index (χ2n) is 7.85. The predicted octanol–water partition coefficient (Wildman–Crippen LogP) is 4.49. The van der Waals surface area contributed by atoms with E-state index in [1.807, 2.05) is 36.4 Å². The van der Waals surface area contributed by atoms with Crippen molar-refractivity contribution in [3.63, 3.8) is 0 Å². The van der Waals surface area contributed by atoms with Crippen LogP contribution in [0.25, 0.3) is 11.1 Å². The molecule has 10 nitrogen and oxygen atoms in total. The number of amides is 2. The number of carboxylic acids is 1. The van der Waals surface area contributed by atoms with Gasteiger partial charge in [0, 0.05) is 12.0 Å². The standard InChI is InChI=1S/C24H19N5O5S/c1-12-20(23(31)32)22(35-29-12)26-21(30)18-10-19(28-27-18)25-24(33)34-11-17-15-8-4-2-6-13(15)14-7-3-5-9-16(14)17/h2-10,17H,11H2,1H3,(H,26,30)(H,31,32)(H2,25,27,28,33). The van der Waals surface area contributed by atoms with E-state index in [9.17, 15) is 19.5 Å². The van der Waals surface area contributed by atoms with Crippen LogP contribution in [-0.4, -0.2) is 44.3 Å². The summed E-state index contributed by atoms with van der Waals surface area (Å²) < 4.78 is 9.43. The number of anilines is 2. The Hall–Kier alpha value is -4.51. The first-order chi connectivity index (χ1) is 16.9. The topological polar surface area (TPSA) is 146 Å². The Bertz CT molecular complexity index is 1410. The van der Waals surface area contributed by atoms with Crippen molar-refractivity contribution in [2.45, 2.75) is 12.8 Å². The molecule has 0 aliphatic heterocycles. The van der Waals surface area contributed by atoms with Gasteiger partial charge >= 0.3 is 12.1 Å². The molecule has 2 aromatic heterocycles. The summed E-state index contributed by atoms with van der Waals surface area (Å²) in [7, 11) is 0. The highest BCUT2D eigenvalue weighted by Crippen LogP contribution is 2.44. The Morgan fingerprint density at radius 1 is 1.06 bits per heavy atom. The van der Waals surface area contributed by atoms with E-state index < -0.39 is 18.0 Å². The third kappa shape index (κ3) is 4.24. The number of hydrogen-bond acceptors (Lipinski definition) is 7. The number of aromatic nitrogens is 3. The molecule has 0 spiro atoms. The number of carbonyl (C=O) groups excluding carboxylic acids is 2. The maximum atomic E-state index is 12.5. The molecule has 0 saturated carbocycles. The molecule has 0 saturated heterocycles. The van der Waals surface area contributed by atoms with Gasteiger partial charge in [-0.1, -0.05) is 48.5 Å². The van der Waals surface area contributed by atoms with Crippen LogP contribution in [0.4, 0.5) is 15.6 Å². The number of fused-ring (bicyclic) bond motifs is 3. The molecular formula is C24H19N5O5S. The number of H-pyrrole nitrogens is 1. The summed E-state index contributed by atoms with van der Waals surface area (Å²) in [6.07, 6.45) is -0.712. The molecule has 0 unspecified atom stereocenters. The zero-order chi connectivity index (χ0) is 24.5. The lowest BCUT2D eigenvalue weighted by Gasteiger charge is -2.14. The lowest BCUT2D eigenvalue weighted by atomic mass is 9.98. The van der Waals surface area contributed by atoms with Crippen LogP contribution in [0.5, 0.6) is 0 Å². The fourth-order valence-corrected chi connectivity index (χ4v) is 4.90. The van der Waals surface area contributed by atoms with Crippen LogP contribution in [0.2, 0.25) is 0 Å². The predicted molar refractivity (Wildman–Crippen MR) is 129 cm³/mol. The maximum absolute atomic E-state index is 12.5. The lowest BCUT2D eigenvalue weighted by molar-refractivity contribution is 0.0697. The fraction of sp³-hybridized carbons (Fsp3) is 0.125. The highest BCUT2D eigenvalue weighted by atomic mass is 32.1. The Labute approximate surface area is 203 Å². The first-order valence-electron chi connectivity index (χ1n) is 10.6. The van der Waals surface area contributed by atoms with Crippen molar-refractivity contribution >= 4 is 40.3 Å². The molecule has 1 aliphatic rings. The smallest absolute Gasteiger partial charge is 0.412 e. The van der Waals surface area contributed by atoms with E-state index in [-0.39, 0.29) is 34.6 Å². The molecule has 0 atom stereocenters. The zero-order valence-electron chi connectivity index (χ0n) is 18.4. The van der Waals surface area contributed by atoms with Crippen molar-refractivity contribution in [2.24, 2.45) is 0 Å². The van der Waals surface area contributed by atoms with Crippen LogP contribution in [0, 0.1) is 6.92 Å². The van der Waals surface area contributed by atoms with Crippen molar-refractivity contribution in [1.82, 2.24) is 14.6 Å². The van der Waals surface area contributed by atoms with E-state index in [1.54, 1.807) is 6.92 Å². The van der Waals surface area contributed by atoms with Gasteiger partial charge in [-0.15, -0.1) is 0 Å². The number of hydrogen-bond donors (Lipinski definition) is 4. The maximum Gasteiger partial charge on any atom is 0.412 e. The van der Waals surface area contributed by atoms with Crippen LogP contribution in [0.1, 0.15) is 43.6 Å². The summed E-state index contributed by atoms with van der Waals surface area (Å²) in [5.41, 5.74) is 4.71. The minimum absolute atomic E-state index is 0.0290. The van der Waals surface area contributed by atoms with Crippen LogP contribution < -0.4 is 10.6 Å². The molecule has 2 aromatic carbocycles. The SMILES string of the molecule is Cc1nsc(NC(=O)c2cc(NC(=O)OCC3c4ccccc4-c4ccccc43)n[nH]2)c1C(=O)O. The summed E-state index contributed by atoms with van der Waals surface area (Å²) in [6, 6.07) is 17.4. The zero-order valence-corrected chi connectivity index (χ0v) is 19.2. The molecule has 4 N–H and O–H groups in total. The molecule has 176 valence electrons. The summed E-state index contributed by atoms with van der Waals surface area (Å²) >= 11 is 0.867. The number of carbonyl (C=O) groups is 3. The normalized spacial score (nSPS) is 12.0. The van der Waals surface area contributed by atoms with Crippen molar-refractivity contribution in [3.05, 3.63) is 82.7 Å². The molecule has 35 heavy (non-hydrogen) atoms. The van der Waals surface area contributed by atoms with Crippen LogP contribution in [0.3, 0.4) is 0 Å². The van der Waals surface area contributed by atoms with Gasteiger partial charge in [-0.2, -0.15) is 9.47 Å². The number of nitrogens with one attached hydrogen (secondary N) is 3. The molecule has 0 bridgehead atoms. The molecule has 2 amide bonds. The van der Waals surface area contributed by atoms with Crippen LogP contribution in [-0.2, 0) is 4.74 Å². The number of carboxylic acid groups (broad SMARTS) is 1. The Kier molecular flexibility index (Phi) is 5.75. The third-order valence-corrected chi connectivity index (χ3v) is 6.55. The van der Waals surface area contributed by atoms with Gasteiger partial charge in [0.15, 0.2) is 5.82 Å². The van der Waals surface area contributed by atoms with Crippen molar-refractivity contribution in [3.8, 4) is 11.1 Å². The first kappa shape index (κ1) is 22.3. The fourth-order valence-electron chi connectivity index (χ4n) is 4.12. The van der Waals surface area contributed by atoms with E-state index in [2.05, 4.69) is 37.3 Å². The molecule has 0 radical (unpaired) electrons. The van der Waals surface area contributed by atoms with Crippen molar-refractivity contribution in [2.75, 3.05) is 17.2 Å². The average molecular weight is 490 g/mol. The Balaban J connectivity index is 1.22. The number of ether oxygens (including phenoxy) is 1. The lowest BCUT2D eigenvalue weighted by Crippen LogP contribution is -2.18. The van der Waals surface area contributed by atoms with Crippen molar-refractivity contribution < 1.29 is 24.2 Å². The van der Waals surface area contributed by atoms with Gasteiger partial charge in [0.1, 0.15) is 22.9 Å². The number of aromatic amines is 1. The third-order valence-electron chi connectivity index (χ3n) is 5.70. The molecule has 1 aliphatic carbocycles.